The molecule has 2 saturated carbocycles. The van der Waals surface area contributed by atoms with E-state index in [1.807, 2.05) is 6.08 Å². The summed E-state index contributed by atoms with van der Waals surface area (Å²) in [6, 6.07) is 0. The highest BCUT2D eigenvalue weighted by Gasteiger charge is 2.69. The zero-order chi connectivity index (χ0) is 13.8. The van der Waals surface area contributed by atoms with E-state index in [9.17, 15) is 9.90 Å². The Morgan fingerprint density at radius 3 is 2.68 bits per heavy atom. The van der Waals surface area contributed by atoms with Crippen LogP contribution in [0.15, 0.2) is 10.6 Å². The zero-order valence-electron chi connectivity index (χ0n) is 11.2. The van der Waals surface area contributed by atoms with Crippen molar-refractivity contribution in [3.8, 4) is 0 Å². The number of hydrogen-bond acceptors (Lipinski definition) is 4. The third kappa shape index (κ3) is 1.47. The molecule has 4 aliphatic rings. The van der Waals surface area contributed by atoms with Crippen molar-refractivity contribution in [1.29, 1.82) is 0 Å². The molecule has 5 heteroatoms. The molecule has 0 heterocycles. The summed E-state index contributed by atoms with van der Waals surface area (Å²) in [7, 11) is 3.01. The minimum Gasteiger partial charge on any atom is -0.392 e. The fourth-order valence-corrected chi connectivity index (χ4v) is 5.18. The zero-order valence-corrected chi connectivity index (χ0v) is 12.8. The first kappa shape index (κ1) is 13.7. The molecule has 0 aromatic carbocycles. The molecule has 0 aliphatic heterocycles. The highest BCUT2D eigenvalue weighted by Crippen LogP contribution is 2.61. The Hall–Kier alpha value is -0.230. The predicted octanol–water partition coefficient (Wildman–Crippen LogP) is 2.00. The second-order valence-corrected chi connectivity index (χ2v) is 6.71. The van der Waals surface area contributed by atoms with Gasteiger partial charge in [0.1, 0.15) is 0 Å². The Morgan fingerprint density at radius 2 is 2.05 bits per heavy atom. The van der Waals surface area contributed by atoms with Gasteiger partial charge in [0, 0.05) is 18.7 Å². The lowest BCUT2D eigenvalue weighted by molar-refractivity contribution is -0.257. The van der Waals surface area contributed by atoms with Crippen LogP contribution >= 0.6 is 15.9 Å². The van der Waals surface area contributed by atoms with Crippen LogP contribution in [-0.2, 0) is 14.3 Å². The van der Waals surface area contributed by atoms with Crippen LogP contribution < -0.4 is 0 Å². The largest absolute Gasteiger partial charge is 0.392 e. The summed E-state index contributed by atoms with van der Waals surface area (Å²) in [6.45, 7) is 0. The van der Waals surface area contributed by atoms with E-state index in [0.717, 1.165) is 23.7 Å². The van der Waals surface area contributed by atoms with Gasteiger partial charge in [-0.2, -0.15) is 0 Å². The van der Waals surface area contributed by atoms with Gasteiger partial charge in [0.15, 0.2) is 0 Å². The normalized spacial score (nSPS) is 43.9. The highest BCUT2D eigenvalue weighted by atomic mass is 79.9. The molecular weight excluding hydrogens is 312 g/mol. The van der Waals surface area contributed by atoms with Crippen LogP contribution in [0.5, 0.6) is 0 Å². The number of aliphatic hydroxyl groups excluding tert-OH is 1. The number of halogens is 1. The van der Waals surface area contributed by atoms with Gasteiger partial charge in [0.25, 0.3) is 0 Å². The van der Waals surface area contributed by atoms with E-state index >= 15 is 0 Å². The van der Waals surface area contributed by atoms with E-state index in [4.69, 9.17) is 9.47 Å². The maximum Gasteiger partial charge on any atom is 0.237 e. The van der Waals surface area contributed by atoms with Crippen molar-refractivity contribution in [3.63, 3.8) is 0 Å². The van der Waals surface area contributed by atoms with Crippen LogP contribution in [0.25, 0.3) is 0 Å². The minimum absolute atomic E-state index is 0.104. The average Bonchev–Trinajstić information content (AvgIpc) is 2.41. The number of methoxy groups -OCH3 is 2. The van der Waals surface area contributed by atoms with Crippen molar-refractivity contribution in [2.75, 3.05) is 14.2 Å². The van der Waals surface area contributed by atoms with Gasteiger partial charge in [-0.25, -0.2) is 0 Å². The first-order valence-corrected chi connectivity index (χ1v) is 7.53. The molecule has 0 aromatic rings. The Morgan fingerprint density at radius 1 is 1.37 bits per heavy atom. The summed E-state index contributed by atoms with van der Waals surface area (Å²) < 4.78 is 11.9. The fourth-order valence-electron chi connectivity index (χ4n) is 4.31. The Labute approximate surface area is 121 Å². The molecule has 4 nitrogen and oxygen atoms in total. The Kier molecular flexibility index (Phi) is 3.17. The lowest BCUT2D eigenvalue weighted by Gasteiger charge is -2.58. The van der Waals surface area contributed by atoms with Crippen LogP contribution in [0.2, 0.25) is 0 Å². The van der Waals surface area contributed by atoms with E-state index in [1.165, 1.54) is 14.2 Å². The molecule has 1 N–H and O–H groups in total. The number of ether oxygens (including phenoxy) is 2. The van der Waals surface area contributed by atoms with E-state index in [2.05, 4.69) is 15.9 Å². The summed E-state index contributed by atoms with van der Waals surface area (Å²) >= 11 is 3.55. The van der Waals surface area contributed by atoms with Crippen molar-refractivity contribution < 1.29 is 19.4 Å². The quantitative estimate of drug-likeness (QED) is 0.787. The Balaban J connectivity index is 2.18. The highest BCUT2D eigenvalue weighted by molar-refractivity contribution is 9.11. The summed E-state index contributed by atoms with van der Waals surface area (Å²) in [5.41, 5.74) is -0.835. The van der Waals surface area contributed by atoms with Gasteiger partial charge in [0.05, 0.1) is 17.4 Å². The third-order valence-electron chi connectivity index (χ3n) is 5.26. The molecule has 0 radical (unpaired) electrons. The number of carbonyl (C=O) groups is 1. The number of hydrogen-bond donors (Lipinski definition) is 1. The average molecular weight is 331 g/mol. The number of rotatable bonds is 2. The van der Waals surface area contributed by atoms with Gasteiger partial charge in [-0.3, -0.25) is 4.79 Å². The lowest BCUT2D eigenvalue weighted by Crippen LogP contribution is -2.68. The monoisotopic (exact) mass is 330 g/mol. The first-order chi connectivity index (χ1) is 9.02. The van der Waals surface area contributed by atoms with E-state index in [-0.39, 0.29) is 17.6 Å². The van der Waals surface area contributed by atoms with Crippen molar-refractivity contribution in [2.24, 2.45) is 17.3 Å². The number of aliphatic hydroxyl groups is 1. The van der Waals surface area contributed by atoms with Crippen molar-refractivity contribution in [3.05, 3.63) is 10.6 Å². The standard InChI is InChI=1S/C14H19BrO4/c1-18-14(19-2)9-6-8-4-3-5-11(16)13(8,12(14)17)7-10(9)15/h7-9,11,16H,3-6H2,1-2H3/t8-,9?,11-,13?/m0/s1. The molecule has 19 heavy (non-hydrogen) atoms. The summed E-state index contributed by atoms with van der Waals surface area (Å²) in [4.78, 5) is 13.0. The van der Waals surface area contributed by atoms with E-state index in [0.29, 0.717) is 6.42 Å². The van der Waals surface area contributed by atoms with Crippen molar-refractivity contribution in [2.45, 2.75) is 37.6 Å². The predicted molar refractivity (Wildman–Crippen MR) is 72.7 cm³/mol. The molecule has 2 unspecified atom stereocenters. The van der Waals surface area contributed by atoms with Crippen LogP contribution in [0, 0.1) is 17.3 Å². The number of Topliss-reactive ketones (excluding diaryl/α,β-unsaturated/α-hetero) is 1. The summed E-state index contributed by atoms with van der Waals surface area (Å²) in [5.74, 6) is -1.26. The van der Waals surface area contributed by atoms with Gasteiger partial charge in [-0.15, -0.1) is 0 Å². The van der Waals surface area contributed by atoms with Crippen LogP contribution in [0.1, 0.15) is 25.7 Å². The molecule has 106 valence electrons. The molecule has 4 aliphatic carbocycles. The number of fused-ring (bicyclic) bond motifs is 1. The van der Waals surface area contributed by atoms with Crippen LogP contribution in [0.3, 0.4) is 0 Å². The molecule has 1 spiro atoms. The van der Waals surface area contributed by atoms with E-state index in [1.54, 1.807) is 0 Å². The molecule has 2 bridgehead atoms. The molecule has 0 saturated heterocycles. The fraction of sp³-hybridized carbons (Fsp3) is 0.786. The van der Waals surface area contributed by atoms with Crippen LogP contribution in [0.4, 0.5) is 0 Å². The van der Waals surface area contributed by atoms with Gasteiger partial charge < -0.3 is 14.6 Å². The maximum atomic E-state index is 13.0. The minimum atomic E-state index is -1.25. The van der Waals surface area contributed by atoms with Crippen molar-refractivity contribution >= 4 is 21.7 Å². The number of carbonyl (C=O) groups excluding carboxylic acids is 1. The van der Waals surface area contributed by atoms with E-state index < -0.39 is 17.3 Å². The first-order valence-electron chi connectivity index (χ1n) is 6.74. The van der Waals surface area contributed by atoms with Gasteiger partial charge in [-0.1, -0.05) is 28.4 Å². The van der Waals surface area contributed by atoms with Crippen LogP contribution in [-0.4, -0.2) is 37.0 Å². The number of ketones is 1. The lowest BCUT2D eigenvalue weighted by atomic mass is 9.50. The molecule has 0 amide bonds. The van der Waals surface area contributed by atoms with Crippen molar-refractivity contribution in [1.82, 2.24) is 0 Å². The SMILES string of the molecule is COC1(OC)C(=O)C23C=C(Br)C1C[C@@H]2CCC[C@@H]3O. The molecule has 0 aromatic heterocycles. The molecule has 4 rings (SSSR count). The second-order valence-electron chi connectivity index (χ2n) is 5.80. The maximum absolute atomic E-state index is 13.0. The summed E-state index contributed by atoms with van der Waals surface area (Å²) in [6.07, 6.45) is 4.73. The molecule has 4 atom stereocenters. The Bertz CT molecular complexity index is 443. The molecular formula is C14H19BrO4. The van der Waals surface area contributed by atoms with Gasteiger partial charge in [-0.05, 0) is 25.2 Å². The van der Waals surface area contributed by atoms with Gasteiger partial charge >= 0.3 is 0 Å². The molecule has 2 fully saturated rings. The smallest absolute Gasteiger partial charge is 0.237 e. The van der Waals surface area contributed by atoms with Gasteiger partial charge in [0.2, 0.25) is 11.6 Å². The topological polar surface area (TPSA) is 55.8 Å². The summed E-state index contributed by atoms with van der Waals surface area (Å²) in [5, 5.41) is 10.5. The second kappa shape index (κ2) is 4.38. The third-order valence-corrected chi connectivity index (χ3v) is 6.04.